The molecule has 1 heterocycles. The molecule has 0 aliphatic rings. The van der Waals surface area contributed by atoms with E-state index >= 15 is 0 Å². The first kappa shape index (κ1) is 13.3. The maximum absolute atomic E-state index is 10.5. The first-order chi connectivity index (χ1) is 9.66. The van der Waals surface area contributed by atoms with Crippen LogP contribution in [0.5, 0.6) is 0 Å². The molecule has 0 bridgehead atoms. The normalized spacial score (nSPS) is 12.8. The van der Waals surface area contributed by atoms with Crippen LogP contribution >= 0.6 is 15.9 Å². The average Bonchev–Trinajstić information content (AvgIpc) is 2.78. The molecule has 0 radical (unpaired) electrons. The standard InChI is InChI=1S/C16H15BrN2O/c1-19-16(14(17)10-18-19)15(20)9-12-7-4-6-11-5-2-3-8-13(11)12/h2-8,10,15,20H,9H2,1H3. The zero-order valence-corrected chi connectivity index (χ0v) is 12.7. The lowest BCUT2D eigenvalue weighted by Gasteiger charge is -2.13. The topological polar surface area (TPSA) is 38.0 Å². The summed E-state index contributed by atoms with van der Waals surface area (Å²) in [6.07, 6.45) is 1.70. The van der Waals surface area contributed by atoms with Gasteiger partial charge < -0.3 is 5.11 Å². The van der Waals surface area contributed by atoms with Crippen LogP contribution in [0.1, 0.15) is 17.4 Å². The predicted molar refractivity (Wildman–Crippen MR) is 83.5 cm³/mol. The molecule has 0 spiro atoms. The number of fused-ring (bicyclic) bond motifs is 1. The molecule has 102 valence electrons. The number of aliphatic hydroxyl groups excluding tert-OH is 1. The first-order valence-corrected chi connectivity index (χ1v) is 7.28. The zero-order chi connectivity index (χ0) is 14.1. The Morgan fingerprint density at radius 3 is 2.70 bits per heavy atom. The Morgan fingerprint density at radius 1 is 1.20 bits per heavy atom. The van der Waals surface area contributed by atoms with Crippen molar-refractivity contribution in [1.82, 2.24) is 9.78 Å². The molecule has 1 unspecified atom stereocenters. The van der Waals surface area contributed by atoms with Crippen molar-refractivity contribution < 1.29 is 5.11 Å². The summed E-state index contributed by atoms with van der Waals surface area (Å²) in [7, 11) is 1.84. The number of halogens is 1. The molecule has 3 aromatic rings. The van der Waals surface area contributed by atoms with Crippen molar-refractivity contribution in [3.8, 4) is 0 Å². The maximum Gasteiger partial charge on any atom is 0.101 e. The van der Waals surface area contributed by atoms with Gasteiger partial charge in [0.2, 0.25) is 0 Å². The van der Waals surface area contributed by atoms with E-state index in [1.165, 1.54) is 10.8 Å². The largest absolute Gasteiger partial charge is 0.386 e. The summed E-state index contributed by atoms with van der Waals surface area (Å²) in [4.78, 5) is 0. The van der Waals surface area contributed by atoms with E-state index in [2.05, 4.69) is 45.3 Å². The van der Waals surface area contributed by atoms with Gasteiger partial charge in [0.25, 0.3) is 0 Å². The molecule has 3 nitrogen and oxygen atoms in total. The van der Waals surface area contributed by atoms with Gasteiger partial charge in [-0.15, -0.1) is 0 Å². The van der Waals surface area contributed by atoms with Crippen molar-refractivity contribution in [2.24, 2.45) is 7.05 Å². The molecule has 0 saturated carbocycles. The van der Waals surface area contributed by atoms with Crippen LogP contribution in [0.2, 0.25) is 0 Å². The SMILES string of the molecule is Cn1ncc(Br)c1C(O)Cc1cccc2ccccc12. The van der Waals surface area contributed by atoms with Crippen molar-refractivity contribution in [3.05, 3.63) is 64.4 Å². The number of rotatable bonds is 3. The second-order valence-corrected chi connectivity index (χ2v) is 5.71. The average molecular weight is 331 g/mol. The predicted octanol–water partition coefficient (Wildman–Crippen LogP) is 3.61. The minimum Gasteiger partial charge on any atom is -0.386 e. The number of hydrogen-bond donors (Lipinski definition) is 1. The summed E-state index contributed by atoms with van der Waals surface area (Å²) in [5, 5.41) is 17.0. The molecule has 0 amide bonds. The van der Waals surface area contributed by atoms with Crippen LogP contribution in [0.3, 0.4) is 0 Å². The van der Waals surface area contributed by atoms with Crippen molar-refractivity contribution in [1.29, 1.82) is 0 Å². The third-order valence-electron chi connectivity index (χ3n) is 3.55. The first-order valence-electron chi connectivity index (χ1n) is 6.49. The van der Waals surface area contributed by atoms with E-state index in [4.69, 9.17) is 0 Å². The molecule has 4 heteroatoms. The second kappa shape index (κ2) is 5.38. The van der Waals surface area contributed by atoms with Gasteiger partial charge >= 0.3 is 0 Å². The Hall–Kier alpha value is -1.65. The van der Waals surface area contributed by atoms with E-state index in [9.17, 15) is 5.11 Å². The van der Waals surface area contributed by atoms with Gasteiger partial charge in [0.15, 0.2) is 0 Å². The lowest BCUT2D eigenvalue weighted by atomic mass is 9.99. The number of aromatic nitrogens is 2. The molecule has 1 aromatic heterocycles. The van der Waals surface area contributed by atoms with Gasteiger partial charge in [-0.2, -0.15) is 5.10 Å². The Labute approximate surface area is 126 Å². The van der Waals surface area contributed by atoms with Crippen molar-refractivity contribution in [3.63, 3.8) is 0 Å². The summed E-state index contributed by atoms with van der Waals surface area (Å²) in [6, 6.07) is 14.4. The Morgan fingerprint density at radius 2 is 1.95 bits per heavy atom. The number of benzene rings is 2. The number of nitrogens with zero attached hydrogens (tertiary/aromatic N) is 2. The zero-order valence-electron chi connectivity index (χ0n) is 11.1. The lowest BCUT2D eigenvalue weighted by molar-refractivity contribution is 0.168. The molecule has 0 aliphatic carbocycles. The van der Waals surface area contributed by atoms with Gasteiger partial charge in [0.05, 0.1) is 16.4 Å². The van der Waals surface area contributed by atoms with Crippen molar-refractivity contribution in [2.45, 2.75) is 12.5 Å². The molecule has 1 N–H and O–H groups in total. The van der Waals surface area contributed by atoms with Gasteiger partial charge in [0.1, 0.15) is 6.10 Å². The molecule has 2 aromatic carbocycles. The van der Waals surface area contributed by atoms with Crippen LogP contribution in [0, 0.1) is 0 Å². The lowest BCUT2D eigenvalue weighted by Crippen LogP contribution is -2.08. The minimum atomic E-state index is -0.581. The number of aryl methyl sites for hydroxylation is 1. The van der Waals surface area contributed by atoms with Crippen LogP contribution < -0.4 is 0 Å². The fourth-order valence-electron chi connectivity index (χ4n) is 2.57. The van der Waals surface area contributed by atoms with E-state index in [1.807, 2.05) is 25.2 Å². The van der Waals surface area contributed by atoms with Crippen molar-refractivity contribution >= 4 is 26.7 Å². The van der Waals surface area contributed by atoms with Gasteiger partial charge in [-0.25, -0.2) is 0 Å². The highest BCUT2D eigenvalue weighted by molar-refractivity contribution is 9.10. The Bertz CT molecular complexity index is 726. The maximum atomic E-state index is 10.5. The minimum absolute atomic E-state index is 0.569. The molecule has 3 rings (SSSR count). The summed E-state index contributed by atoms with van der Waals surface area (Å²) < 4.78 is 2.55. The highest BCUT2D eigenvalue weighted by atomic mass is 79.9. The fourth-order valence-corrected chi connectivity index (χ4v) is 3.18. The number of aliphatic hydroxyl groups is 1. The van der Waals surface area contributed by atoms with Crippen LogP contribution in [-0.2, 0) is 13.5 Å². The third-order valence-corrected chi connectivity index (χ3v) is 4.16. The summed E-state index contributed by atoms with van der Waals surface area (Å²) in [5.41, 5.74) is 1.95. The monoisotopic (exact) mass is 330 g/mol. The third kappa shape index (κ3) is 2.37. The molecule has 0 fully saturated rings. The molecule has 20 heavy (non-hydrogen) atoms. The van der Waals surface area contributed by atoms with Crippen LogP contribution in [0.15, 0.2) is 53.1 Å². The molecular formula is C16H15BrN2O. The second-order valence-electron chi connectivity index (χ2n) is 4.86. The van der Waals surface area contributed by atoms with Crippen LogP contribution in [0.25, 0.3) is 10.8 Å². The summed E-state index contributed by atoms with van der Waals surface area (Å²) in [5.74, 6) is 0. The van der Waals surface area contributed by atoms with E-state index in [0.29, 0.717) is 6.42 Å². The molecular weight excluding hydrogens is 316 g/mol. The molecule has 0 aliphatic heterocycles. The van der Waals surface area contributed by atoms with E-state index in [-0.39, 0.29) is 0 Å². The number of hydrogen-bond acceptors (Lipinski definition) is 2. The van der Waals surface area contributed by atoms with Gasteiger partial charge in [-0.1, -0.05) is 42.5 Å². The highest BCUT2D eigenvalue weighted by Crippen LogP contribution is 2.28. The van der Waals surface area contributed by atoms with Crippen LogP contribution in [0.4, 0.5) is 0 Å². The Balaban J connectivity index is 1.97. The summed E-state index contributed by atoms with van der Waals surface area (Å²) in [6.45, 7) is 0. The van der Waals surface area contributed by atoms with Gasteiger partial charge in [-0.3, -0.25) is 4.68 Å². The van der Waals surface area contributed by atoms with Crippen LogP contribution in [-0.4, -0.2) is 14.9 Å². The van der Waals surface area contributed by atoms with Gasteiger partial charge in [0, 0.05) is 13.5 Å². The molecule has 1 atom stereocenters. The van der Waals surface area contributed by atoms with Gasteiger partial charge in [-0.05, 0) is 32.3 Å². The highest BCUT2D eigenvalue weighted by Gasteiger charge is 2.17. The smallest absolute Gasteiger partial charge is 0.101 e. The molecule has 0 saturated heterocycles. The Kier molecular flexibility index (Phi) is 3.59. The quantitative estimate of drug-likeness (QED) is 0.796. The fraction of sp³-hybridized carbons (Fsp3) is 0.188. The van der Waals surface area contributed by atoms with E-state index in [0.717, 1.165) is 15.7 Å². The van der Waals surface area contributed by atoms with Crippen molar-refractivity contribution in [2.75, 3.05) is 0 Å². The summed E-state index contributed by atoms with van der Waals surface area (Å²) >= 11 is 3.44. The van der Waals surface area contributed by atoms with E-state index in [1.54, 1.807) is 10.9 Å². The van der Waals surface area contributed by atoms with E-state index < -0.39 is 6.10 Å².